The predicted octanol–water partition coefficient (Wildman–Crippen LogP) is 0.619. The van der Waals surface area contributed by atoms with Crippen LogP contribution < -0.4 is 11.5 Å². The molecule has 2 unspecified atom stereocenters. The van der Waals surface area contributed by atoms with Crippen LogP contribution in [0.15, 0.2) is 36.4 Å². The van der Waals surface area contributed by atoms with E-state index in [1.807, 2.05) is 6.07 Å². The Bertz CT molecular complexity index is 786. The van der Waals surface area contributed by atoms with E-state index in [2.05, 4.69) is 0 Å². The quantitative estimate of drug-likeness (QED) is 0.572. The van der Waals surface area contributed by atoms with E-state index in [-0.39, 0.29) is 22.5 Å². The summed E-state index contributed by atoms with van der Waals surface area (Å²) in [6.07, 6.45) is -3.60. The van der Waals surface area contributed by atoms with E-state index in [1.54, 1.807) is 24.3 Å². The summed E-state index contributed by atoms with van der Waals surface area (Å²) in [7, 11) is 0. The molecule has 2 aromatic carbocycles. The second-order valence-electron chi connectivity index (χ2n) is 5.16. The van der Waals surface area contributed by atoms with Gasteiger partial charge >= 0.3 is 0 Å². The third kappa shape index (κ3) is 1.89. The van der Waals surface area contributed by atoms with Crippen LogP contribution in [-0.2, 0) is 0 Å². The number of aliphatic hydroxyl groups is 2. The van der Waals surface area contributed by atoms with Gasteiger partial charge in [-0.15, -0.1) is 0 Å². The van der Waals surface area contributed by atoms with Crippen LogP contribution in [0.5, 0.6) is 0 Å². The van der Waals surface area contributed by atoms with Crippen LogP contribution in [0.25, 0.3) is 11.1 Å². The van der Waals surface area contributed by atoms with Gasteiger partial charge in [0.1, 0.15) is 0 Å². The normalized spacial score (nSPS) is 20.8. The monoisotopic (exact) mass is 298 g/mol. The Balaban J connectivity index is 2.30. The molecule has 0 heterocycles. The van der Waals surface area contributed by atoms with Gasteiger partial charge in [0, 0.05) is 11.1 Å². The molecular formula is C16H14N2O4. The van der Waals surface area contributed by atoms with Crippen LogP contribution in [0.3, 0.4) is 0 Å². The van der Waals surface area contributed by atoms with Gasteiger partial charge in [-0.05, 0) is 11.6 Å². The lowest BCUT2D eigenvalue weighted by molar-refractivity contribution is 0.0185. The summed E-state index contributed by atoms with van der Waals surface area (Å²) in [4.78, 5) is 24.3. The molecule has 2 aromatic rings. The third-order valence-electron chi connectivity index (χ3n) is 3.84. The number of fused-ring (bicyclic) bond motifs is 1. The summed E-state index contributed by atoms with van der Waals surface area (Å²) < 4.78 is 0. The van der Waals surface area contributed by atoms with Crippen molar-refractivity contribution in [2.75, 3.05) is 11.5 Å². The van der Waals surface area contributed by atoms with E-state index in [0.717, 1.165) is 5.56 Å². The van der Waals surface area contributed by atoms with Gasteiger partial charge in [0.25, 0.3) is 0 Å². The maximum absolute atomic E-state index is 12.2. The second kappa shape index (κ2) is 4.94. The van der Waals surface area contributed by atoms with Gasteiger partial charge in [0.2, 0.25) is 0 Å². The zero-order chi connectivity index (χ0) is 16.0. The molecule has 0 fully saturated rings. The average molecular weight is 298 g/mol. The Kier molecular flexibility index (Phi) is 3.20. The molecule has 22 heavy (non-hydrogen) atoms. The van der Waals surface area contributed by atoms with Crippen molar-refractivity contribution in [2.45, 2.75) is 12.2 Å². The van der Waals surface area contributed by atoms with Gasteiger partial charge in [-0.2, -0.15) is 0 Å². The zero-order valence-corrected chi connectivity index (χ0v) is 11.5. The standard InChI is InChI=1S/C16H14N2O4/c17-11-8(7-4-2-1-3-5-7)6-9-10(12(11)18)14(20)16(22)15(21)13(9)19/h1-6,15-16,21-22H,17-18H2. The van der Waals surface area contributed by atoms with Gasteiger partial charge in [-0.25, -0.2) is 0 Å². The van der Waals surface area contributed by atoms with Crippen molar-refractivity contribution in [2.24, 2.45) is 0 Å². The first-order chi connectivity index (χ1) is 10.4. The summed E-state index contributed by atoms with van der Waals surface area (Å²) in [5.74, 6) is -1.54. The topological polar surface area (TPSA) is 127 Å². The van der Waals surface area contributed by atoms with Crippen LogP contribution in [0.2, 0.25) is 0 Å². The lowest BCUT2D eigenvalue weighted by Crippen LogP contribution is -2.45. The number of benzene rings is 2. The van der Waals surface area contributed by atoms with E-state index in [9.17, 15) is 19.8 Å². The van der Waals surface area contributed by atoms with Gasteiger partial charge in [-0.3, -0.25) is 9.59 Å². The first kappa shape index (κ1) is 14.2. The van der Waals surface area contributed by atoms with Crippen molar-refractivity contribution in [3.05, 3.63) is 47.5 Å². The molecule has 3 rings (SSSR count). The minimum Gasteiger partial charge on any atom is -0.397 e. The summed E-state index contributed by atoms with van der Waals surface area (Å²) in [6.45, 7) is 0. The molecule has 6 N–H and O–H groups in total. The molecule has 0 radical (unpaired) electrons. The summed E-state index contributed by atoms with van der Waals surface area (Å²) in [5.41, 5.74) is 13.1. The molecule has 0 saturated carbocycles. The molecule has 6 nitrogen and oxygen atoms in total. The highest BCUT2D eigenvalue weighted by Crippen LogP contribution is 2.38. The molecule has 0 bridgehead atoms. The lowest BCUT2D eigenvalue weighted by atomic mass is 9.82. The van der Waals surface area contributed by atoms with Crippen molar-refractivity contribution in [1.29, 1.82) is 0 Å². The Morgan fingerprint density at radius 1 is 0.818 bits per heavy atom. The lowest BCUT2D eigenvalue weighted by Gasteiger charge is -2.26. The van der Waals surface area contributed by atoms with E-state index in [4.69, 9.17) is 11.5 Å². The zero-order valence-electron chi connectivity index (χ0n) is 11.5. The molecule has 1 aliphatic carbocycles. The summed E-state index contributed by atoms with van der Waals surface area (Å²) >= 11 is 0. The maximum atomic E-state index is 12.2. The Labute approximate surface area is 126 Å². The van der Waals surface area contributed by atoms with Crippen molar-refractivity contribution in [3.8, 4) is 11.1 Å². The number of hydrogen-bond acceptors (Lipinski definition) is 6. The first-order valence-corrected chi connectivity index (χ1v) is 6.65. The SMILES string of the molecule is Nc1c(-c2ccccc2)cc2c(c1N)C(=O)C(O)C(O)C2=O. The van der Waals surface area contributed by atoms with Crippen molar-refractivity contribution in [1.82, 2.24) is 0 Å². The minimum absolute atomic E-state index is 0.0200. The Morgan fingerprint density at radius 3 is 2.05 bits per heavy atom. The number of carbonyl (C=O) groups excluding carboxylic acids is 2. The molecule has 0 spiro atoms. The van der Waals surface area contributed by atoms with E-state index in [0.29, 0.717) is 5.56 Å². The summed E-state index contributed by atoms with van der Waals surface area (Å²) in [5, 5.41) is 19.3. The molecule has 0 saturated heterocycles. The molecule has 0 amide bonds. The molecule has 1 aliphatic rings. The smallest absolute Gasteiger partial charge is 0.197 e. The van der Waals surface area contributed by atoms with Crippen LogP contribution in [-0.4, -0.2) is 34.0 Å². The average Bonchev–Trinajstić information content (AvgIpc) is 2.54. The number of nitrogen functional groups attached to an aromatic ring is 2. The van der Waals surface area contributed by atoms with Crippen LogP contribution in [0.1, 0.15) is 20.7 Å². The maximum Gasteiger partial charge on any atom is 0.197 e. The number of ketones is 2. The molecule has 6 heteroatoms. The fraction of sp³-hybridized carbons (Fsp3) is 0.125. The Morgan fingerprint density at radius 2 is 1.41 bits per heavy atom. The highest BCUT2D eigenvalue weighted by Gasteiger charge is 2.41. The van der Waals surface area contributed by atoms with Gasteiger partial charge < -0.3 is 21.7 Å². The number of Topliss-reactive ketones (excluding diaryl/α,β-unsaturated/α-hetero) is 2. The van der Waals surface area contributed by atoms with E-state index >= 15 is 0 Å². The van der Waals surface area contributed by atoms with Gasteiger partial charge in [0.15, 0.2) is 23.8 Å². The predicted molar refractivity (Wildman–Crippen MR) is 81.4 cm³/mol. The number of carbonyl (C=O) groups is 2. The van der Waals surface area contributed by atoms with E-state index in [1.165, 1.54) is 6.07 Å². The molecular weight excluding hydrogens is 284 g/mol. The third-order valence-corrected chi connectivity index (χ3v) is 3.84. The van der Waals surface area contributed by atoms with E-state index < -0.39 is 23.8 Å². The van der Waals surface area contributed by atoms with Crippen LogP contribution in [0, 0.1) is 0 Å². The fourth-order valence-electron chi connectivity index (χ4n) is 2.63. The Hall–Kier alpha value is -2.70. The number of aliphatic hydroxyl groups excluding tert-OH is 2. The largest absolute Gasteiger partial charge is 0.397 e. The van der Waals surface area contributed by atoms with Crippen molar-refractivity contribution in [3.63, 3.8) is 0 Å². The van der Waals surface area contributed by atoms with Crippen LogP contribution in [0.4, 0.5) is 11.4 Å². The van der Waals surface area contributed by atoms with Crippen LogP contribution >= 0.6 is 0 Å². The van der Waals surface area contributed by atoms with Crippen molar-refractivity contribution >= 4 is 22.9 Å². The molecule has 0 aliphatic heterocycles. The molecule has 2 atom stereocenters. The number of nitrogens with two attached hydrogens (primary N) is 2. The second-order valence-corrected chi connectivity index (χ2v) is 5.16. The minimum atomic E-state index is -1.82. The number of anilines is 2. The van der Waals surface area contributed by atoms with Gasteiger partial charge in [0.05, 0.1) is 16.9 Å². The first-order valence-electron chi connectivity index (χ1n) is 6.65. The van der Waals surface area contributed by atoms with Crippen molar-refractivity contribution < 1.29 is 19.8 Å². The molecule has 0 aromatic heterocycles. The fourth-order valence-corrected chi connectivity index (χ4v) is 2.63. The van der Waals surface area contributed by atoms with Gasteiger partial charge in [-0.1, -0.05) is 30.3 Å². The molecule has 112 valence electrons. The number of hydrogen-bond donors (Lipinski definition) is 4. The summed E-state index contributed by atoms with van der Waals surface area (Å²) in [6, 6.07) is 10.4. The highest BCUT2D eigenvalue weighted by molar-refractivity contribution is 6.22. The number of rotatable bonds is 1. The highest BCUT2D eigenvalue weighted by atomic mass is 16.3.